The highest BCUT2D eigenvalue weighted by Crippen LogP contribution is 2.30. The van der Waals surface area contributed by atoms with E-state index in [1.807, 2.05) is 32.0 Å². The lowest BCUT2D eigenvalue weighted by Gasteiger charge is -2.11. The number of aliphatic hydroxyl groups excluding tert-OH is 1. The number of pyridine rings is 1. The van der Waals surface area contributed by atoms with Gasteiger partial charge in [-0.3, -0.25) is 0 Å². The Labute approximate surface area is 98.6 Å². The van der Waals surface area contributed by atoms with Crippen molar-refractivity contribution in [3.63, 3.8) is 0 Å². The fraction of sp³-hybridized carbons (Fsp3) is 0.250. The third kappa shape index (κ3) is 2.08. The molecular weight excluding hydrogens is 220 g/mol. The van der Waals surface area contributed by atoms with Crippen LogP contribution >= 0.6 is 11.3 Å². The van der Waals surface area contributed by atoms with Gasteiger partial charge in [-0.15, -0.1) is 11.3 Å². The number of aryl methyl sites for hydroxylation is 2. The van der Waals surface area contributed by atoms with Crippen LogP contribution in [-0.4, -0.2) is 10.1 Å². The molecule has 0 saturated carbocycles. The van der Waals surface area contributed by atoms with Gasteiger partial charge in [0.15, 0.2) is 0 Å². The third-order valence-electron chi connectivity index (χ3n) is 2.41. The zero-order valence-corrected chi connectivity index (χ0v) is 10.1. The first kappa shape index (κ1) is 11.1. The van der Waals surface area contributed by atoms with Gasteiger partial charge in [0.2, 0.25) is 0 Å². The molecule has 0 aliphatic heterocycles. The van der Waals surface area contributed by atoms with Crippen molar-refractivity contribution in [3.05, 3.63) is 45.3 Å². The summed E-state index contributed by atoms with van der Waals surface area (Å²) in [5, 5.41) is 10.2. The van der Waals surface area contributed by atoms with Crippen molar-refractivity contribution in [2.24, 2.45) is 0 Å². The van der Waals surface area contributed by atoms with Gasteiger partial charge in [-0.2, -0.15) is 0 Å². The molecule has 0 aliphatic rings. The van der Waals surface area contributed by atoms with Gasteiger partial charge in [0.1, 0.15) is 11.9 Å². The lowest BCUT2D eigenvalue weighted by molar-refractivity contribution is 0.224. The van der Waals surface area contributed by atoms with Crippen molar-refractivity contribution in [1.82, 2.24) is 4.98 Å². The lowest BCUT2D eigenvalue weighted by atomic mass is 10.1. The minimum Gasteiger partial charge on any atom is -0.383 e. The number of aliphatic hydroxyl groups is 1. The Balaban J connectivity index is 2.40. The second kappa shape index (κ2) is 4.23. The van der Waals surface area contributed by atoms with Crippen molar-refractivity contribution in [2.45, 2.75) is 20.0 Å². The quantitative estimate of drug-likeness (QED) is 0.839. The largest absolute Gasteiger partial charge is 0.383 e. The highest BCUT2D eigenvalue weighted by molar-refractivity contribution is 7.12. The topological polar surface area (TPSA) is 59.1 Å². The number of nitrogens with zero attached hydrogens (tertiary/aromatic N) is 1. The van der Waals surface area contributed by atoms with E-state index in [9.17, 15) is 5.11 Å². The summed E-state index contributed by atoms with van der Waals surface area (Å²) in [6, 6.07) is 5.79. The minimum atomic E-state index is -0.675. The lowest BCUT2D eigenvalue weighted by Crippen LogP contribution is -2.04. The van der Waals surface area contributed by atoms with Crippen LogP contribution in [0.15, 0.2) is 24.4 Å². The van der Waals surface area contributed by atoms with E-state index < -0.39 is 6.10 Å². The van der Waals surface area contributed by atoms with E-state index in [1.54, 1.807) is 17.5 Å². The average molecular weight is 234 g/mol. The molecule has 4 heteroatoms. The van der Waals surface area contributed by atoms with E-state index in [4.69, 9.17) is 5.73 Å². The Morgan fingerprint density at radius 2 is 2.12 bits per heavy atom. The van der Waals surface area contributed by atoms with Crippen molar-refractivity contribution < 1.29 is 5.11 Å². The Bertz CT molecular complexity index is 507. The van der Waals surface area contributed by atoms with E-state index in [0.29, 0.717) is 11.4 Å². The number of aromatic nitrogens is 1. The van der Waals surface area contributed by atoms with Gasteiger partial charge in [-0.25, -0.2) is 4.98 Å². The summed E-state index contributed by atoms with van der Waals surface area (Å²) in [4.78, 5) is 6.13. The number of hydrogen-bond acceptors (Lipinski definition) is 4. The summed E-state index contributed by atoms with van der Waals surface area (Å²) in [5.41, 5.74) is 7.45. The van der Waals surface area contributed by atoms with E-state index in [2.05, 4.69) is 4.98 Å². The Hall–Kier alpha value is -1.39. The summed E-state index contributed by atoms with van der Waals surface area (Å²) in [6.45, 7) is 3.95. The van der Waals surface area contributed by atoms with Crippen LogP contribution in [0.5, 0.6) is 0 Å². The fourth-order valence-corrected chi connectivity index (χ4v) is 2.46. The molecule has 2 aromatic rings. The molecule has 0 bridgehead atoms. The number of nitrogen functional groups attached to an aromatic ring is 1. The molecule has 0 aliphatic carbocycles. The predicted molar refractivity (Wildman–Crippen MR) is 66.5 cm³/mol. The molecule has 0 amide bonds. The predicted octanol–water partition coefficient (Wildman–Crippen LogP) is 2.42. The first-order valence-corrected chi connectivity index (χ1v) is 5.86. The van der Waals surface area contributed by atoms with E-state index in [0.717, 1.165) is 10.4 Å². The second-order valence-corrected chi connectivity index (χ2v) is 5.16. The summed E-state index contributed by atoms with van der Waals surface area (Å²) >= 11 is 1.57. The van der Waals surface area contributed by atoms with Crippen LogP contribution in [0.2, 0.25) is 0 Å². The fourth-order valence-electron chi connectivity index (χ4n) is 1.58. The number of anilines is 1. The van der Waals surface area contributed by atoms with Crippen molar-refractivity contribution in [1.29, 1.82) is 0 Å². The molecule has 2 heterocycles. The van der Waals surface area contributed by atoms with Gasteiger partial charge in [0.05, 0.1) is 0 Å². The molecule has 2 rings (SSSR count). The summed E-state index contributed by atoms with van der Waals surface area (Å²) < 4.78 is 0. The molecule has 0 aromatic carbocycles. The monoisotopic (exact) mass is 234 g/mol. The van der Waals surface area contributed by atoms with Crippen LogP contribution in [-0.2, 0) is 0 Å². The Morgan fingerprint density at radius 1 is 1.38 bits per heavy atom. The summed E-state index contributed by atoms with van der Waals surface area (Å²) in [7, 11) is 0. The second-order valence-electron chi connectivity index (χ2n) is 3.84. The number of hydrogen-bond donors (Lipinski definition) is 2. The zero-order valence-electron chi connectivity index (χ0n) is 9.27. The Morgan fingerprint density at radius 3 is 2.75 bits per heavy atom. The van der Waals surface area contributed by atoms with Crippen LogP contribution in [0.25, 0.3) is 0 Å². The number of nitrogens with two attached hydrogens (primary N) is 1. The van der Waals surface area contributed by atoms with Crippen molar-refractivity contribution >= 4 is 17.2 Å². The molecule has 0 spiro atoms. The van der Waals surface area contributed by atoms with E-state index in [1.165, 1.54) is 4.88 Å². The number of rotatable bonds is 2. The molecule has 0 saturated heterocycles. The first-order chi connectivity index (χ1) is 7.58. The SMILES string of the molecule is Cc1cnc(N)c(C(O)c2ccc(C)s2)c1. The van der Waals surface area contributed by atoms with Crippen LogP contribution in [0, 0.1) is 13.8 Å². The van der Waals surface area contributed by atoms with Gasteiger partial charge in [0.25, 0.3) is 0 Å². The van der Waals surface area contributed by atoms with Gasteiger partial charge in [-0.05, 0) is 37.6 Å². The molecule has 1 unspecified atom stereocenters. The van der Waals surface area contributed by atoms with Gasteiger partial charge in [0, 0.05) is 21.5 Å². The molecule has 0 radical (unpaired) electrons. The van der Waals surface area contributed by atoms with E-state index in [-0.39, 0.29) is 0 Å². The normalized spacial score (nSPS) is 12.7. The standard InChI is InChI=1S/C12H14N2OS/c1-7-5-9(12(13)14-6-7)11(15)10-4-3-8(2)16-10/h3-6,11,15H,1-2H3,(H2,13,14). The highest BCUT2D eigenvalue weighted by atomic mass is 32.1. The molecule has 3 N–H and O–H groups in total. The maximum absolute atomic E-state index is 10.2. The molecule has 0 fully saturated rings. The summed E-state index contributed by atoms with van der Waals surface area (Å²) in [6.07, 6.45) is 1.02. The maximum atomic E-state index is 10.2. The molecule has 2 aromatic heterocycles. The van der Waals surface area contributed by atoms with Crippen LogP contribution in [0.4, 0.5) is 5.82 Å². The molecule has 3 nitrogen and oxygen atoms in total. The van der Waals surface area contributed by atoms with Crippen LogP contribution in [0.3, 0.4) is 0 Å². The summed E-state index contributed by atoms with van der Waals surface area (Å²) in [5.74, 6) is 0.393. The highest BCUT2D eigenvalue weighted by Gasteiger charge is 2.16. The maximum Gasteiger partial charge on any atom is 0.129 e. The first-order valence-electron chi connectivity index (χ1n) is 5.04. The van der Waals surface area contributed by atoms with Crippen molar-refractivity contribution in [3.8, 4) is 0 Å². The van der Waals surface area contributed by atoms with Crippen molar-refractivity contribution in [2.75, 3.05) is 5.73 Å². The van der Waals surface area contributed by atoms with Gasteiger partial charge >= 0.3 is 0 Å². The molecule has 84 valence electrons. The molecular formula is C12H14N2OS. The molecule has 16 heavy (non-hydrogen) atoms. The smallest absolute Gasteiger partial charge is 0.129 e. The van der Waals surface area contributed by atoms with E-state index >= 15 is 0 Å². The third-order valence-corrected chi connectivity index (χ3v) is 3.46. The average Bonchev–Trinajstić information content (AvgIpc) is 2.67. The Kier molecular flexibility index (Phi) is 2.94. The van der Waals surface area contributed by atoms with Crippen LogP contribution < -0.4 is 5.73 Å². The van der Waals surface area contributed by atoms with Crippen LogP contribution in [0.1, 0.15) is 27.0 Å². The zero-order chi connectivity index (χ0) is 11.7. The van der Waals surface area contributed by atoms with Gasteiger partial charge < -0.3 is 10.8 Å². The molecule has 1 atom stereocenters. The van der Waals surface area contributed by atoms with Gasteiger partial charge in [-0.1, -0.05) is 0 Å². The number of thiophene rings is 1. The minimum absolute atomic E-state index is 0.393.